The molecule has 0 N–H and O–H groups in total. The fourth-order valence-corrected chi connectivity index (χ4v) is 8.59. The molecule has 4 heteroatoms. The molecule has 318 valence electrons. The van der Waals surface area contributed by atoms with Gasteiger partial charge in [-0.05, 0) is 77.8 Å². The van der Waals surface area contributed by atoms with Crippen molar-refractivity contribution in [2.75, 3.05) is 4.90 Å². The third kappa shape index (κ3) is 9.21. The molecule has 0 unspecified atom stereocenters. The van der Waals surface area contributed by atoms with Gasteiger partial charge in [-0.1, -0.05) is 221 Å². The summed E-state index contributed by atoms with van der Waals surface area (Å²) in [5.74, 6) is 1.85. The van der Waals surface area contributed by atoms with Gasteiger partial charge in [0.05, 0.1) is 16.9 Å². The highest BCUT2D eigenvalue weighted by Gasteiger charge is 2.35. The van der Waals surface area contributed by atoms with Crippen molar-refractivity contribution in [2.45, 2.75) is 52.5 Å². The number of aromatic nitrogens is 3. The second-order valence-electron chi connectivity index (χ2n) is 18.2. The second-order valence-corrected chi connectivity index (χ2v) is 18.2. The van der Waals surface area contributed by atoms with E-state index in [1.807, 2.05) is 36.4 Å². The summed E-state index contributed by atoms with van der Waals surface area (Å²) in [4.78, 5) is 18.2. The second kappa shape index (κ2) is 18.2. The summed E-state index contributed by atoms with van der Waals surface area (Å²) in [6.45, 7) is 13.8. The van der Waals surface area contributed by atoms with Crippen LogP contribution in [0.2, 0.25) is 0 Å². The fraction of sp³-hybridized carbons (Fsp3) is 0.131. The van der Waals surface area contributed by atoms with E-state index < -0.39 is 5.54 Å². The predicted octanol–water partition coefficient (Wildman–Crippen LogP) is 16.1. The van der Waals surface area contributed by atoms with E-state index in [0.717, 1.165) is 61.4 Å². The van der Waals surface area contributed by atoms with Crippen LogP contribution >= 0.6 is 0 Å². The topological polar surface area (TPSA) is 41.9 Å². The molecule has 0 aliphatic carbocycles. The quantitative estimate of drug-likeness (QED) is 0.130. The Morgan fingerprint density at radius 1 is 0.385 bits per heavy atom. The summed E-state index contributed by atoms with van der Waals surface area (Å²) >= 11 is 0. The standard InChI is InChI=1S/C61H54N4/c1-43-39-51(60(2,3)4)42-54(47-31-19-10-20-32-47)55(43)65(61(5,6)38-37-44-25-13-7-14-26-44)56-52(45-27-15-8-16-28-45)40-50(41-53(56)46-29-17-9-18-30-46)59-63-57(48-33-21-11-22-34-48)62-58(64-59)49-35-23-12-24-36-49/h7-42H,1-6H3/b38-37+. The average Bonchev–Trinajstić information content (AvgIpc) is 3.35. The van der Waals surface area contributed by atoms with Crippen LogP contribution in [0.1, 0.15) is 51.3 Å². The van der Waals surface area contributed by atoms with Crippen LogP contribution in [-0.4, -0.2) is 20.5 Å². The lowest BCUT2D eigenvalue weighted by Gasteiger charge is -2.43. The van der Waals surface area contributed by atoms with Gasteiger partial charge in [-0.25, -0.2) is 15.0 Å². The Hall–Kier alpha value is -7.69. The van der Waals surface area contributed by atoms with Crippen molar-refractivity contribution in [3.8, 4) is 67.5 Å². The van der Waals surface area contributed by atoms with Gasteiger partial charge >= 0.3 is 0 Å². The molecule has 0 saturated carbocycles. The Labute approximate surface area is 384 Å². The van der Waals surface area contributed by atoms with Gasteiger partial charge in [-0.15, -0.1) is 0 Å². The molecule has 0 saturated heterocycles. The number of nitrogens with zero attached hydrogens (tertiary/aromatic N) is 4. The average molecular weight is 843 g/mol. The van der Waals surface area contributed by atoms with Crippen LogP contribution in [0.3, 0.4) is 0 Å². The van der Waals surface area contributed by atoms with Gasteiger partial charge in [0.1, 0.15) is 0 Å². The molecule has 9 aromatic rings. The van der Waals surface area contributed by atoms with Crippen molar-refractivity contribution in [1.29, 1.82) is 0 Å². The number of benzene rings is 8. The van der Waals surface area contributed by atoms with E-state index in [9.17, 15) is 0 Å². The maximum Gasteiger partial charge on any atom is 0.164 e. The molecule has 8 aromatic carbocycles. The molecule has 0 aliphatic heterocycles. The van der Waals surface area contributed by atoms with Gasteiger partial charge < -0.3 is 4.90 Å². The first kappa shape index (κ1) is 42.6. The Balaban J connectivity index is 1.41. The lowest BCUT2D eigenvalue weighted by atomic mass is 9.82. The first-order valence-electron chi connectivity index (χ1n) is 22.4. The van der Waals surface area contributed by atoms with E-state index >= 15 is 0 Å². The molecule has 9 rings (SSSR count). The minimum absolute atomic E-state index is 0.0752. The van der Waals surface area contributed by atoms with E-state index in [1.165, 1.54) is 16.7 Å². The van der Waals surface area contributed by atoms with Crippen molar-refractivity contribution in [1.82, 2.24) is 15.0 Å². The van der Waals surface area contributed by atoms with Crippen LogP contribution in [0.5, 0.6) is 0 Å². The molecule has 0 spiro atoms. The highest BCUT2D eigenvalue weighted by Crippen LogP contribution is 2.52. The summed E-state index contributed by atoms with van der Waals surface area (Å²) in [6, 6.07) is 72.8. The highest BCUT2D eigenvalue weighted by atomic mass is 15.2. The molecule has 65 heavy (non-hydrogen) atoms. The van der Waals surface area contributed by atoms with Gasteiger partial charge in [0, 0.05) is 33.4 Å². The summed E-state index contributed by atoms with van der Waals surface area (Å²) in [5, 5.41) is 0. The molecule has 0 fully saturated rings. The van der Waals surface area contributed by atoms with Crippen LogP contribution in [0.15, 0.2) is 212 Å². The monoisotopic (exact) mass is 842 g/mol. The molecular formula is C61H54N4. The summed E-state index contributed by atoms with van der Waals surface area (Å²) in [6.07, 6.45) is 4.61. The summed E-state index contributed by atoms with van der Waals surface area (Å²) in [5.41, 5.74) is 14.6. The van der Waals surface area contributed by atoms with E-state index in [-0.39, 0.29) is 5.41 Å². The summed E-state index contributed by atoms with van der Waals surface area (Å²) in [7, 11) is 0. The van der Waals surface area contributed by atoms with Gasteiger partial charge in [-0.2, -0.15) is 0 Å². The zero-order chi connectivity index (χ0) is 45.0. The number of hydrogen-bond acceptors (Lipinski definition) is 4. The van der Waals surface area contributed by atoms with Crippen LogP contribution < -0.4 is 4.90 Å². The van der Waals surface area contributed by atoms with Crippen LogP contribution in [0, 0.1) is 6.92 Å². The minimum Gasteiger partial charge on any atom is -0.330 e. The zero-order valence-corrected chi connectivity index (χ0v) is 38.1. The van der Waals surface area contributed by atoms with Crippen molar-refractivity contribution >= 4 is 17.5 Å². The van der Waals surface area contributed by atoms with Gasteiger partial charge in [0.25, 0.3) is 0 Å². The fourth-order valence-electron chi connectivity index (χ4n) is 8.59. The Bertz CT molecular complexity index is 2950. The van der Waals surface area contributed by atoms with Gasteiger partial charge in [0.2, 0.25) is 0 Å². The van der Waals surface area contributed by atoms with E-state index in [2.05, 4.69) is 228 Å². The normalized spacial score (nSPS) is 11.8. The van der Waals surface area contributed by atoms with E-state index in [4.69, 9.17) is 15.0 Å². The first-order valence-corrected chi connectivity index (χ1v) is 22.4. The van der Waals surface area contributed by atoms with Crippen molar-refractivity contribution in [2.24, 2.45) is 0 Å². The van der Waals surface area contributed by atoms with E-state index in [0.29, 0.717) is 17.5 Å². The van der Waals surface area contributed by atoms with Gasteiger partial charge in [0.15, 0.2) is 17.5 Å². The highest BCUT2D eigenvalue weighted by molar-refractivity contribution is 6.00. The van der Waals surface area contributed by atoms with Crippen LogP contribution in [-0.2, 0) is 5.41 Å². The molecule has 1 aromatic heterocycles. The molecule has 0 atom stereocenters. The maximum absolute atomic E-state index is 5.27. The first-order chi connectivity index (χ1) is 31.5. The molecular weight excluding hydrogens is 789 g/mol. The Morgan fingerprint density at radius 3 is 1.14 bits per heavy atom. The lowest BCUT2D eigenvalue weighted by molar-refractivity contribution is 0.589. The number of anilines is 2. The van der Waals surface area contributed by atoms with Crippen molar-refractivity contribution < 1.29 is 0 Å². The van der Waals surface area contributed by atoms with Crippen LogP contribution in [0.25, 0.3) is 73.6 Å². The van der Waals surface area contributed by atoms with Crippen molar-refractivity contribution in [3.05, 3.63) is 229 Å². The minimum atomic E-state index is -0.587. The lowest BCUT2D eigenvalue weighted by Crippen LogP contribution is -2.40. The predicted molar refractivity (Wildman–Crippen MR) is 274 cm³/mol. The molecule has 0 amide bonds. The maximum atomic E-state index is 5.27. The Kier molecular flexibility index (Phi) is 11.9. The molecule has 4 nitrogen and oxygen atoms in total. The van der Waals surface area contributed by atoms with E-state index in [1.54, 1.807) is 0 Å². The summed E-state index contributed by atoms with van der Waals surface area (Å²) < 4.78 is 0. The van der Waals surface area contributed by atoms with Gasteiger partial charge in [-0.3, -0.25) is 0 Å². The Morgan fingerprint density at radius 2 is 0.738 bits per heavy atom. The molecule has 0 aliphatic rings. The van der Waals surface area contributed by atoms with Crippen LogP contribution in [0.4, 0.5) is 11.4 Å². The SMILES string of the molecule is Cc1cc(C(C)(C)C)cc(-c2ccccc2)c1N(c1c(-c2ccccc2)cc(-c2nc(-c3ccccc3)nc(-c3ccccc3)n2)cc1-c1ccccc1)C(C)(C)/C=C/c1ccccc1. The number of rotatable bonds is 11. The molecule has 0 bridgehead atoms. The number of aryl methyl sites for hydroxylation is 1. The third-order valence-electron chi connectivity index (χ3n) is 12.0. The van der Waals surface area contributed by atoms with Crippen molar-refractivity contribution in [3.63, 3.8) is 0 Å². The smallest absolute Gasteiger partial charge is 0.164 e. The molecule has 0 radical (unpaired) electrons. The largest absolute Gasteiger partial charge is 0.330 e. The third-order valence-corrected chi connectivity index (χ3v) is 12.0. The zero-order valence-electron chi connectivity index (χ0n) is 38.1. The molecule has 1 heterocycles. The number of hydrogen-bond donors (Lipinski definition) is 0.